The van der Waals surface area contributed by atoms with Gasteiger partial charge in [0.05, 0.1) is 7.11 Å². The Balaban J connectivity index is 4.82. The Labute approximate surface area is 91.6 Å². The molecule has 1 atom stereocenters. The van der Waals surface area contributed by atoms with Crippen molar-refractivity contribution in [2.45, 2.75) is 46.7 Å². The molecule has 0 aromatic carbocycles. The van der Waals surface area contributed by atoms with Crippen LogP contribution in [0.5, 0.6) is 0 Å². The number of methoxy groups -OCH3 is 1. The van der Waals surface area contributed by atoms with Crippen LogP contribution < -0.4 is 0 Å². The fourth-order valence-corrected chi connectivity index (χ4v) is 1.47. The number of esters is 1. The largest absolute Gasteiger partial charge is 0.467 e. The number of hydrogen-bond acceptors (Lipinski definition) is 3. The molecule has 0 saturated heterocycles. The van der Waals surface area contributed by atoms with Crippen LogP contribution in [0.2, 0.25) is 0 Å². The van der Waals surface area contributed by atoms with Crippen molar-refractivity contribution in [1.82, 2.24) is 4.90 Å². The SMILES string of the molecule is COC(=O)[C@H](C)N(C(=O)C(C)C)C(C)C. The minimum atomic E-state index is -0.523. The maximum atomic E-state index is 11.9. The normalized spacial score (nSPS) is 12.8. The van der Waals surface area contributed by atoms with E-state index in [9.17, 15) is 9.59 Å². The number of amides is 1. The van der Waals surface area contributed by atoms with Crippen LogP contribution in [0.1, 0.15) is 34.6 Å². The monoisotopic (exact) mass is 215 g/mol. The van der Waals surface area contributed by atoms with E-state index in [1.54, 1.807) is 11.8 Å². The molecule has 88 valence electrons. The summed E-state index contributed by atoms with van der Waals surface area (Å²) in [7, 11) is 1.33. The van der Waals surface area contributed by atoms with Gasteiger partial charge >= 0.3 is 5.97 Å². The van der Waals surface area contributed by atoms with E-state index >= 15 is 0 Å². The maximum Gasteiger partial charge on any atom is 0.328 e. The molecule has 0 rings (SSSR count). The summed E-state index contributed by atoms with van der Waals surface area (Å²) in [5.41, 5.74) is 0. The van der Waals surface area contributed by atoms with E-state index in [2.05, 4.69) is 4.74 Å². The van der Waals surface area contributed by atoms with Gasteiger partial charge in [-0.1, -0.05) is 13.8 Å². The van der Waals surface area contributed by atoms with Gasteiger partial charge < -0.3 is 9.64 Å². The van der Waals surface area contributed by atoms with Gasteiger partial charge in [-0.2, -0.15) is 0 Å². The molecule has 0 aliphatic rings. The van der Waals surface area contributed by atoms with Crippen molar-refractivity contribution in [1.29, 1.82) is 0 Å². The van der Waals surface area contributed by atoms with Gasteiger partial charge in [0.25, 0.3) is 0 Å². The molecule has 0 aliphatic carbocycles. The number of carbonyl (C=O) groups is 2. The minimum Gasteiger partial charge on any atom is -0.467 e. The highest BCUT2D eigenvalue weighted by atomic mass is 16.5. The van der Waals surface area contributed by atoms with Gasteiger partial charge in [0.1, 0.15) is 6.04 Å². The van der Waals surface area contributed by atoms with Gasteiger partial charge in [-0.05, 0) is 20.8 Å². The zero-order valence-corrected chi connectivity index (χ0v) is 10.4. The van der Waals surface area contributed by atoms with Crippen molar-refractivity contribution in [2.75, 3.05) is 7.11 Å². The van der Waals surface area contributed by atoms with E-state index in [0.29, 0.717) is 0 Å². The summed E-state index contributed by atoms with van der Waals surface area (Å²) in [4.78, 5) is 24.8. The van der Waals surface area contributed by atoms with Crippen molar-refractivity contribution in [3.63, 3.8) is 0 Å². The molecule has 0 spiro atoms. The van der Waals surface area contributed by atoms with Gasteiger partial charge in [-0.25, -0.2) is 4.79 Å². The van der Waals surface area contributed by atoms with Gasteiger partial charge in [0.2, 0.25) is 5.91 Å². The van der Waals surface area contributed by atoms with Crippen molar-refractivity contribution >= 4 is 11.9 Å². The van der Waals surface area contributed by atoms with Crippen molar-refractivity contribution in [2.24, 2.45) is 5.92 Å². The van der Waals surface area contributed by atoms with E-state index < -0.39 is 6.04 Å². The van der Waals surface area contributed by atoms with Crippen LogP contribution in [-0.2, 0) is 14.3 Å². The second-order valence-electron chi connectivity index (χ2n) is 4.19. The first-order valence-corrected chi connectivity index (χ1v) is 5.22. The molecule has 0 bridgehead atoms. The molecule has 15 heavy (non-hydrogen) atoms. The van der Waals surface area contributed by atoms with E-state index in [0.717, 1.165) is 0 Å². The molecule has 0 N–H and O–H groups in total. The average Bonchev–Trinajstić information content (AvgIpc) is 2.15. The fourth-order valence-electron chi connectivity index (χ4n) is 1.47. The second kappa shape index (κ2) is 5.73. The lowest BCUT2D eigenvalue weighted by Gasteiger charge is -2.32. The molecule has 0 unspecified atom stereocenters. The van der Waals surface area contributed by atoms with E-state index in [1.165, 1.54) is 7.11 Å². The molecule has 0 fully saturated rings. The first-order valence-electron chi connectivity index (χ1n) is 5.22. The third-order valence-electron chi connectivity index (χ3n) is 2.26. The Bertz CT molecular complexity index is 236. The molecule has 0 heterocycles. The standard InChI is InChI=1S/C11H21NO3/c1-7(2)10(13)12(8(3)4)9(5)11(14)15-6/h7-9H,1-6H3/t9-/m0/s1. The molecule has 0 aromatic rings. The third kappa shape index (κ3) is 3.53. The molecular weight excluding hydrogens is 194 g/mol. The summed E-state index contributed by atoms with van der Waals surface area (Å²) < 4.78 is 4.64. The van der Waals surface area contributed by atoms with Gasteiger partial charge in [-0.3, -0.25) is 4.79 Å². The molecule has 0 radical (unpaired) electrons. The molecule has 1 amide bonds. The number of carbonyl (C=O) groups excluding carboxylic acids is 2. The van der Waals surface area contributed by atoms with Crippen LogP contribution in [0.4, 0.5) is 0 Å². The quantitative estimate of drug-likeness (QED) is 0.667. The molecule has 4 heteroatoms. The fraction of sp³-hybridized carbons (Fsp3) is 0.818. The average molecular weight is 215 g/mol. The first-order chi connectivity index (χ1) is 6.82. The Kier molecular flexibility index (Phi) is 5.33. The van der Waals surface area contributed by atoms with E-state index in [4.69, 9.17) is 0 Å². The predicted molar refractivity (Wildman–Crippen MR) is 58.3 cm³/mol. The van der Waals surface area contributed by atoms with Crippen LogP contribution in [0.3, 0.4) is 0 Å². The Morgan fingerprint density at radius 3 is 1.80 bits per heavy atom. The zero-order valence-electron chi connectivity index (χ0n) is 10.4. The van der Waals surface area contributed by atoms with E-state index in [1.807, 2.05) is 27.7 Å². The zero-order chi connectivity index (χ0) is 12.2. The van der Waals surface area contributed by atoms with E-state index in [-0.39, 0.29) is 23.8 Å². The summed E-state index contributed by atoms with van der Waals surface area (Å²) in [6.45, 7) is 9.11. The summed E-state index contributed by atoms with van der Waals surface area (Å²) in [6, 6.07) is -0.529. The van der Waals surface area contributed by atoms with Crippen LogP contribution in [-0.4, -0.2) is 36.0 Å². The first kappa shape index (κ1) is 13.9. The van der Waals surface area contributed by atoms with Crippen LogP contribution >= 0.6 is 0 Å². The number of ether oxygens (including phenoxy) is 1. The van der Waals surface area contributed by atoms with Gasteiger partial charge in [-0.15, -0.1) is 0 Å². The van der Waals surface area contributed by atoms with Crippen molar-refractivity contribution in [3.05, 3.63) is 0 Å². The highest BCUT2D eigenvalue weighted by molar-refractivity contribution is 5.85. The third-order valence-corrected chi connectivity index (χ3v) is 2.26. The molecule has 4 nitrogen and oxygen atoms in total. The summed E-state index contributed by atoms with van der Waals surface area (Å²) in [5, 5.41) is 0. The Morgan fingerprint density at radius 2 is 1.53 bits per heavy atom. The Morgan fingerprint density at radius 1 is 1.07 bits per heavy atom. The molecular formula is C11H21NO3. The predicted octanol–water partition coefficient (Wildman–Crippen LogP) is 1.44. The van der Waals surface area contributed by atoms with Crippen molar-refractivity contribution in [3.8, 4) is 0 Å². The highest BCUT2D eigenvalue weighted by Crippen LogP contribution is 2.12. The summed E-state index contributed by atoms with van der Waals surface area (Å²) >= 11 is 0. The lowest BCUT2D eigenvalue weighted by atomic mass is 10.1. The summed E-state index contributed by atoms with van der Waals surface area (Å²) in [6.07, 6.45) is 0. The lowest BCUT2D eigenvalue weighted by molar-refractivity contribution is -0.154. The summed E-state index contributed by atoms with van der Waals surface area (Å²) in [5.74, 6) is -0.514. The minimum absolute atomic E-state index is 0.00556. The van der Waals surface area contributed by atoms with Crippen LogP contribution in [0.15, 0.2) is 0 Å². The number of rotatable bonds is 4. The van der Waals surface area contributed by atoms with Crippen LogP contribution in [0.25, 0.3) is 0 Å². The Hall–Kier alpha value is -1.06. The maximum absolute atomic E-state index is 11.9. The second-order valence-corrected chi connectivity index (χ2v) is 4.19. The molecule has 0 aromatic heterocycles. The smallest absolute Gasteiger partial charge is 0.328 e. The van der Waals surface area contributed by atoms with Crippen molar-refractivity contribution < 1.29 is 14.3 Å². The highest BCUT2D eigenvalue weighted by Gasteiger charge is 2.29. The van der Waals surface area contributed by atoms with Gasteiger partial charge in [0.15, 0.2) is 0 Å². The topological polar surface area (TPSA) is 46.6 Å². The lowest BCUT2D eigenvalue weighted by Crippen LogP contribution is -2.49. The molecule has 0 saturated carbocycles. The molecule has 0 aliphatic heterocycles. The van der Waals surface area contributed by atoms with Gasteiger partial charge in [0, 0.05) is 12.0 Å². The number of nitrogens with zero attached hydrogens (tertiary/aromatic N) is 1. The van der Waals surface area contributed by atoms with Crippen LogP contribution in [0, 0.1) is 5.92 Å². The number of hydrogen-bond donors (Lipinski definition) is 0.